The molecule has 0 saturated carbocycles. The molecule has 3 aromatic rings. The van der Waals surface area contributed by atoms with Gasteiger partial charge < -0.3 is 10.2 Å². The molecule has 7 nitrogen and oxygen atoms in total. The van der Waals surface area contributed by atoms with E-state index >= 15 is 0 Å². The molecule has 0 aromatic heterocycles. The molecule has 1 atom stereocenters. The molecule has 0 saturated heterocycles. The molecule has 3 rings (SSSR count). The second kappa shape index (κ2) is 14.7. The van der Waals surface area contributed by atoms with Gasteiger partial charge in [-0.1, -0.05) is 73.8 Å². The van der Waals surface area contributed by atoms with E-state index < -0.39 is 28.5 Å². The first-order valence-corrected chi connectivity index (χ1v) is 15.8. The number of carbonyl (C=O) groups excluding carboxylic acids is 2. The molecule has 10 heteroatoms. The van der Waals surface area contributed by atoms with Gasteiger partial charge in [-0.05, 0) is 79.8 Å². The topological polar surface area (TPSA) is 86.8 Å². The van der Waals surface area contributed by atoms with Crippen molar-refractivity contribution >= 4 is 50.7 Å². The van der Waals surface area contributed by atoms with Crippen molar-refractivity contribution in [3.8, 4) is 0 Å². The van der Waals surface area contributed by atoms with Crippen molar-refractivity contribution < 1.29 is 18.0 Å². The van der Waals surface area contributed by atoms with Crippen LogP contribution in [-0.2, 0) is 26.2 Å². The highest BCUT2D eigenvalue weighted by Gasteiger charge is 2.33. The number of sulfonamides is 1. The van der Waals surface area contributed by atoms with E-state index in [2.05, 4.69) is 5.32 Å². The summed E-state index contributed by atoms with van der Waals surface area (Å²) in [6.45, 7) is 7.62. The van der Waals surface area contributed by atoms with Crippen LogP contribution < -0.4 is 9.62 Å². The normalized spacial score (nSPS) is 12.0. The second-order valence-electron chi connectivity index (χ2n) is 10.0. The third-order valence-electron chi connectivity index (χ3n) is 6.66. The van der Waals surface area contributed by atoms with Gasteiger partial charge in [-0.2, -0.15) is 0 Å². The minimum absolute atomic E-state index is 0.0432. The smallest absolute Gasteiger partial charge is 0.264 e. The average Bonchev–Trinajstić information content (AvgIpc) is 2.93. The van der Waals surface area contributed by atoms with Gasteiger partial charge in [0.05, 0.1) is 20.6 Å². The Labute approximate surface area is 253 Å². The molecule has 220 valence electrons. The summed E-state index contributed by atoms with van der Waals surface area (Å²) in [5.41, 5.74) is 2.75. The van der Waals surface area contributed by atoms with E-state index in [4.69, 9.17) is 23.2 Å². The van der Waals surface area contributed by atoms with Crippen molar-refractivity contribution in [1.29, 1.82) is 0 Å². The Balaban J connectivity index is 2.07. The molecule has 0 aliphatic rings. The Kier molecular flexibility index (Phi) is 11.6. The second-order valence-corrected chi connectivity index (χ2v) is 12.7. The predicted molar refractivity (Wildman–Crippen MR) is 166 cm³/mol. The average molecular weight is 619 g/mol. The molecule has 0 unspecified atom stereocenters. The first kappa shape index (κ1) is 32.4. The molecule has 2 amide bonds. The summed E-state index contributed by atoms with van der Waals surface area (Å²) in [5, 5.41) is 3.61. The molecule has 0 radical (unpaired) electrons. The number of amides is 2. The Morgan fingerprint density at radius 2 is 1.56 bits per heavy atom. The Morgan fingerprint density at radius 1 is 0.902 bits per heavy atom. The van der Waals surface area contributed by atoms with Gasteiger partial charge >= 0.3 is 0 Å². The van der Waals surface area contributed by atoms with E-state index in [1.165, 1.54) is 17.0 Å². The fourth-order valence-corrected chi connectivity index (χ4v) is 6.34. The van der Waals surface area contributed by atoms with Crippen molar-refractivity contribution in [2.45, 2.75) is 64.4 Å². The molecule has 0 bridgehead atoms. The van der Waals surface area contributed by atoms with Crippen LogP contribution in [0.3, 0.4) is 0 Å². The maximum atomic E-state index is 14.1. The zero-order valence-electron chi connectivity index (χ0n) is 23.9. The van der Waals surface area contributed by atoms with Crippen molar-refractivity contribution in [2.24, 2.45) is 0 Å². The van der Waals surface area contributed by atoms with Crippen LogP contribution in [0.4, 0.5) is 5.69 Å². The van der Waals surface area contributed by atoms with Crippen LogP contribution in [0.5, 0.6) is 0 Å². The van der Waals surface area contributed by atoms with Crippen molar-refractivity contribution in [2.75, 3.05) is 17.4 Å². The summed E-state index contributed by atoms with van der Waals surface area (Å²) in [6.07, 6.45) is 2.05. The number of unbranched alkanes of at least 4 members (excludes halogenated alkanes) is 1. The SMILES string of the molecule is CCCCNC(=O)[C@@H](CC)N(Cc1ccc(Cl)c(Cl)c1)C(=O)CN(c1cc(C)cc(C)c1)S(=O)(=O)c1ccccc1. The Hall–Kier alpha value is -3.07. The van der Waals surface area contributed by atoms with E-state index in [1.54, 1.807) is 48.5 Å². The standard InChI is InChI=1S/C31H37Cl2N3O4S/c1-5-7-15-34-31(38)29(6-2)35(20-24-13-14-27(32)28(33)19-24)30(37)21-36(25-17-22(3)16-23(4)18-25)41(39,40)26-11-9-8-10-12-26/h8-14,16-19,29H,5-7,15,20-21H2,1-4H3,(H,34,38)/t29-/m1/s1. The van der Waals surface area contributed by atoms with E-state index in [0.29, 0.717) is 34.3 Å². The van der Waals surface area contributed by atoms with Gasteiger partial charge in [0.1, 0.15) is 12.6 Å². The summed E-state index contributed by atoms with van der Waals surface area (Å²) in [4.78, 5) is 28.9. The number of aryl methyl sites for hydroxylation is 2. The number of rotatable bonds is 13. The molecule has 0 aliphatic carbocycles. The van der Waals surface area contributed by atoms with Gasteiger partial charge in [-0.25, -0.2) is 8.42 Å². The zero-order valence-corrected chi connectivity index (χ0v) is 26.2. The summed E-state index contributed by atoms with van der Waals surface area (Å²) >= 11 is 12.4. The molecule has 0 spiro atoms. The minimum Gasteiger partial charge on any atom is -0.354 e. The van der Waals surface area contributed by atoms with Gasteiger partial charge in [0, 0.05) is 13.1 Å². The van der Waals surface area contributed by atoms with Crippen LogP contribution in [0.2, 0.25) is 10.0 Å². The third kappa shape index (κ3) is 8.47. The summed E-state index contributed by atoms with van der Waals surface area (Å²) in [6, 6.07) is 17.6. The fourth-order valence-electron chi connectivity index (χ4n) is 4.60. The van der Waals surface area contributed by atoms with Crippen LogP contribution in [-0.4, -0.2) is 44.3 Å². The maximum absolute atomic E-state index is 14.1. The van der Waals surface area contributed by atoms with Crippen LogP contribution in [0.25, 0.3) is 0 Å². The van der Waals surface area contributed by atoms with Gasteiger partial charge in [0.2, 0.25) is 11.8 Å². The molecule has 0 aliphatic heterocycles. The number of benzene rings is 3. The monoisotopic (exact) mass is 617 g/mol. The molecule has 3 aromatic carbocycles. The van der Waals surface area contributed by atoms with Gasteiger partial charge in [0.15, 0.2) is 0 Å². The van der Waals surface area contributed by atoms with Gasteiger partial charge in [0.25, 0.3) is 10.0 Å². The lowest BCUT2D eigenvalue weighted by Gasteiger charge is -2.33. The van der Waals surface area contributed by atoms with Crippen LogP contribution in [0.1, 0.15) is 49.8 Å². The Bertz CT molecular complexity index is 1450. The number of anilines is 1. The number of hydrogen-bond donors (Lipinski definition) is 1. The van der Waals surface area contributed by atoms with Crippen LogP contribution >= 0.6 is 23.2 Å². The molecule has 0 heterocycles. The number of nitrogens with one attached hydrogen (secondary N) is 1. The predicted octanol–water partition coefficient (Wildman–Crippen LogP) is 6.53. The highest BCUT2D eigenvalue weighted by Crippen LogP contribution is 2.28. The summed E-state index contributed by atoms with van der Waals surface area (Å²) in [5.74, 6) is -0.814. The number of halogens is 2. The summed E-state index contributed by atoms with van der Waals surface area (Å²) < 4.78 is 29.0. The van der Waals surface area contributed by atoms with E-state index in [0.717, 1.165) is 28.3 Å². The molecule has 1 N–H and O–H groups in total. The highest BCUT2D eigenvalue weighted by molar-refractivity contribution is 7.92. The Morgan fingerprint density at radius 3 is 2.15 bits per heavy atom. The highest BCUT2D eigenvalue weighted by atomic mass is 35.5. The molecular formula is C31H37Cl2N3O4S. The van der Waals surface area contributed by atoms with Crippen molar-refractivity contribution in [3.05, 3.63) is 93.5 Å². The quantitative estimate of drug-likeness (QED) is 0.221. The first-order valence-electron chi connectivity index (χ1n) is 13.6. The van der Waals surface area contributed by atoms with Crippen LogP contribution in [0.15, 0.2) is 71.6 Å². The van der Waals surface area contributed by atoms with E-state index in [1.807, 2.05) is 33.8 Å². The lowest BCUT2D eigenvalue weighted by molar-refractivity contribution is -0.140. The molecule has 41 heavy (non-hydrogen) atoms. The zero-order chi connectivity index (χ0) is 30.2. The van der Waals surface area contributed by atoms with Gasteiger partial charge in [-0.15, -0.1) is 0 Å². The first-order chi connectivity index (χ1) is 19.5. The number of nitrogens with zero attached hydrogens (tertiary/aromatic N) is 2. The maximum Gasteiger partial charge on any atom is 0.264 e. The van der Waals surface area contributed by atoms with E-state index in [-0.39, 0.29) is 17.3 Å². The summed E-state index contributed by atoms with van der Waals surface area (Å²) in [7, 11) is -4.12. The van der Waals surface area contributed by atoms with Crippen LogP contribution in [0, 0.1) is 13.8 Å². The van der Waals surface area contributed by atoms with E-state index in [9.17, 15) is 18.0 Å². The fraction of sp³-hybridized carbons (Fsp3) is 0.355. The van der Waals surface area contributed by atoms with Crippen molar-refractivity contribution in [1.82, 2.24) is 10.2 Å². The molecular weight excluding hydrogens is 581 g/mol. The number of hydrogen-bond acceptors (Lipinski definition) is 4. The third-order valence-corrected chi connectivity index (χ3v) is 9.18. The largest absolute Gasteiger partial charge is 0.354 e. The minimum atomic E-state index is -4.12. The molecule has 0 fully saturated rings. The van der Waals surface area contributed by atoms with Gasteiger partial charge in [-0.3, -0.25) is 13.9 Å². The lowest BCUT2D eigenvalue weighted by Crippen LogP contribution is -2.52. The number of carbonyl (C=O) groups is 2. The lowest BCUT2D eigenvalue weighted by atomic mass is 10.1. The van der Waals surface area contributed by atoms with Crippen molar-refractivity contribution in [3.63, 3.8) is 0 Å².